The number of anilines is 2. The van der Waals surface area contributed by atoms with E-state index in [2.05, 4.69) is 5.32 Å². The summed E-state index contributed by atoms with van der Waals surface area (Å²) in [4.78, 5) is 23.3. The second-order valence-electron chi connectivity index (χ2n) is 6.94. The first-order chi connectivity index (χ1) is 12.0. The molecule has 0 amide bonds. The minimum absolute atomic E-state index is 0.133. The van der Waals surface area contributed by atoms with Gasteiger partial charge in [0.2, 0.25) is 0 Å². The molecule has 0 heterocycles. The SMILES string of the molecule is CC(C)(C)Nc1ccccc1C(=O)O.CN(C)c1ccccc1C(=O)O. The molecule has 0 aliphatic rings. The Kier molecular flexibility index (Phi) is 7.19. The van der Waals surface area contributed by atoms with Crippen LogP contribution in [0.3, 0.4) is 0 Å². The maximum Gasteiger partial charge on any atom is 0.337 e. The number of aromatic carboxylic acids is 2. The van der Waals surface area contributed by atoms with Crippen molar-refractivity contribution in [3.8, 4) is 0 Å². The first-order valence-corrected chi connectivity index (χ1v) is 8.13. The summed E-state index contributed by atoms with van der Waals surface area (Å²) in [6, 6.07) is 13.8. The molecule has 0 saturated carbocycles. The highest BCUT2D eigenvalue weighted by Crippen LogP contribution is 2.19. The maximum absolute atomic E-state index is 10.9. The van der Waals surface area contributed by atoms with Gasteiger partial charge in [-0.25, -0.2) is 9.59 Å². The Hall–Kier alpha value is -3.02. The number of benzene rings is 2. The summed E-state index contributed by atoms with van der Waals surface area (Å²) in [5.41, 5.74) is 1.90. The summed E-state index contributed by atoms with van der Waals surface area (Å²) >= 11 is 0. The monoisotopic (exact) mass is 358 g/mol. The second kappa shape index (κ2) is 8.89. The van der Waals surface area contributed by atoms with E-state index in [4.69, 9.17) is 10.2 Å². The smallest absolute Gasteiger partial charge is 0.337 e. The number of carboxylic acids is 2. The van der Waals surface area contributed by atoms with Crippen LogP contribution in [0.4, 0.5) is 11.4 Å². The molecule has 0 aromatic heterocycles. The third-order valence-corrected chi connectivity index (χ3v) is 3.28. The predicted octanol–water partition coefficient (Wildman–Crippen LogP) is 4.05. The van der Waals surface area contributed by atoms with Crippen LogP contribution in [0.15, 0.2) is 48.5 Å². The molecule has 2 rings (SSSR count). The Bertz CT molecular complexity index is 764. The van der Waals surface area contributed by atoms with Crippen molar-refractivity contribution in [1.82, 2.24) is 0 Å². The van der Waals surface area contributed by atoms with Crippen LogP contribution in [-0.4, -0.2) is 41.8 Å². The van der Waals surface area contributed by atoms with Crippen molar-refractivity contribution < 1.29 is 19.8 Å². The van der Waals surface area contributed by atoms with Crippen molar-refractivity contribution in [1.29, 1.82) is 0 Å². The fourth-order valence-corrected chi connectivity index (χ4v) is 2.23. The summed E-state index contributed by atoms with van der Waals surface area (Å²) in [7, 11) is 3.64. The van der Waals surface area contributed by atoms with Crippen LogP contribution in [0, 0.1) is 0 Å². The predicted molar refractivity (Wildman–Crippen MR) is 105 cm³/mol. The van der Waals surface area contributed by atoms with Gasteiger partial charge < -0.3 is 20.4 Å². The van der Waals surface area contributed by atoms with E-state index < -0.39 is 11.9 Å². The molecule has 0 fully saturated rings. The van der Waals surface area contributed by atoms with Gasteiger partial charge in [0.1, 0.15) is 0 Å². The van der Waals surface area contributed by atoms with Gasteiger partial charge in [0.15, 0.2) is 0 Å². The second-order valence-corrected chi connectivity index (χ2v) is 6.94. The van der Waals surface area contributed by atoms with Gasteiger partial charge in [-0.1, -0.05) is 24.3 Å². The van der Waals surface area contributed by atoms with Crippen molar-refractivity contribution in [2.45, 2.75) is 26.3 Å². The molecule has 0 aliphatic heterocycles. The van der Waals surface area contributed by atoms with Crippen LogP contribution in [0.2, 0.25) is 0 Å². The number of rotatable bonds is 4. The van der Waals surface area contributed by atoms with Crippen LogP contribution in [-0.2, 0) is 0 Å². The lowest BCUT2D eigenvalue weighted by Gasteiger charge is -2.23. The number of para-hydroxylation sites is 2. The van der Waals surface area contributed by atoms with E-state index in [9.17, 15) is 9.59 Å². The van der Waals surface area contributed by atoms with Crippen molar-refractivity contribution in [3.05, 3.63) is 59.7 Å². The zero-order valence-corrected chi connectivity index (χ0v) is 15.8. The number of hydrogen-bond acceptors (Lipinski definition) is 4. The van der Waals surface area contributed by atoms with E-state index >= 15 is 0 Å². The highest BCUT2D eigenvalue weighted by atomic mass is 16.4. The Morgan fingerprint density at radius 2 is 1.31 bits per heavy atom. The molecule has 0 aliphatic carbocycles. The summed E-state index contributed by atoms with van der Waals surface area (Å²) in [6.45, 7) is 5.98. The van der Waals surface area contributed by atoms with Gasteiger partial charge >= 0.3 is 11.9 Å². The third kappa shape index (κ3) is 6.47. The Labute approximate surface area is 154 Å². The van der Waals surface area contributed by atoms with E-state index in [0.717, 1.165) is 5.69 Å². The van der Waals surface area contributed by atoms with E-state index in [-0.39, 0.29) is 5.54 Å². The minimum Gasteiger partial charge on any atom is -0.478 e. The Balaban J connectivity index is 0.000000263. The van der Waals surface area contributed by atoms with Crippen molar-refractivity contribution in [2.75, 3.05) is 24.3 Å². The Morgan fingerprint density at radius 3 is 1.73 bits per heavy atom. The molecule has 3 N–H and O–H groups in total. The summed E-state index contributed by atoms with van der Waals surface area (Å²) < 4.78 is 0. The quantitative estimate of drug-likeness (QED) is 0.764. The fourth-order valence-electron chi connectivity index (χ4n) is 2.23. The molecule has 0 saturated heterocycles. The number of carbonyl (C=O) groups is 2. The average molecular weight is 358 g/mol. The van der Waals surface area contributed by atoms with Gasteiger partial charge in [0.05, 0.1) is 16.8 Å². The molecule has 26 heavy (non-hydrogen) atoms. The Morgan fingerprint density at radius 1 is 0.846 bits per heavy atom. The number of hydrogen-bond donors (Lipinski definition) is 3. The lowest BCUT2D eigenvalue weighted by atomic mass is 10.1. The third-order valence-electron chi connectivity index (χ3n) is 3.28. The van der Waals surface area contributed by atoms with Crippen molar-refractivity contribution in [3.63, 3.8) is 0 Å². The molecule has 0 bridgehead atoms. The highest BCUT2D eigenvalue weighted by molar-refractivity contribution is 5.94. The number of nitrogens with zero attached hydrogens (tertiary/aromatic N) is 1. The molecule has 140 valence electrons. The lowest BCUT2D eigenvalue weighted by Crippen LogP contribution is -2.27. The lowest BCUT2D eigenvalue weighted by molar-refractivity contribution is 0.0687. The summed E-state index contributed by atoms with van der Waals surface area (Å²) in [5, 5.41) is 20.9. The molecular formula is C20H26N2O4. The van der Waals surface area contributed by atoms with Gasteiger partial charge in [0.25, 0.3) is 0 Å². The zero-order chi connectivity index (χ0) is 19.9. The van der Waals surface area contributed by atoms with Crippen LogP contribution < -0.4 is 10.2 Å². The van der Waals surface area contributed by atoms with Gasteiger partial charge in [-0.3, -0.25) is 0 Å². The molecule has 0 atom stereocenters. The molecule has 0 unspecified atom stereocenters. The van der Waals surface area contributed by atoms with Crippen LogP contribution in [0.5, 0.6) is 0 Å². The normalized spacial score (nSPS) is 10.3. The largest absolute Gasteiger partial charge is 0.478 e. The zero-order valence-electron chi connectivity index (χ0n) is 15.8. The van der Waals surface area contributed by atoms with Crippen LogP contribution in [0.25, 0.3) is 0 Å². The number of carboxylic acid groups (broad SMARTS) is 2. The molecule has 2 aromatic rings. The fraction of sp³-hybridized carbons (Fsp3) is 0.300. The maximum atomic E-state index is 10.9. The van der Waals surface area contributed by atoms with Gasteiger partial charge in [-0.15, -0.1) is 0 Å². The van der Waals surface area contributed by atoms with E-state index in [1.807, 2.05) is 47.0 Å². The summed E-state index contributed by atoms with van der Waals surface area (Å²) in [6.07, 6.45) is 0. The minimum atomic E-state index is -0.905. The van der Waals surface area contributed by atoms with Crippen molar-refractivity contribution >= 4 is 23.3 Å². The molecule has 6 nitrogen and oxygen atoms in total. The molecule has 0 spiro atoms. The van der Waals surface area contributed by atoms with E-state index in [0.29, 0.717) is 16.8 Å². The molecule has 6 heteroatoms. The van der Waals surface area contributed by atoms with Crippen LogP contribution >= 0.6 is 0 Å². The standard InChI is InChI=1S/C11H15NO2.C9H11NO2/c1-11(2,3)12-9-7-5-4-6-8(9)10(13)14;1-10(2)8-6-4-3-5-7(8)9(11)12/h4-7,12H,1-3H3,(H,13,14);3-6H,1-2H3,(H,11,12). The summed E-state index contributed by atoms with van der Waals surface area (Å²) in [5.74, 6) is -1.79. The van der Waals surface area contributed by atoms with Crippen molar-refractivity contribution in [2.24, 2.45) is 0 Å². The molecule has 2 aromatic carbocycles. The number of nitrogens with one attached hydrogen (secondary N) is 1. The van der Waals surface area contributed by atoms with E-state index in [1.165, 1.54) is 0 Å². The molecular weight excluding hydrogens is 332 g/mol. The van der Waals surface area contributed by atoms with Gasteiger partial charge in [-0.2, -0.15) is 0 Å². The first-order valence-electron chi connectivity index (χ1n) is 8.13. The molecule has 0 radical (unpaired) electrons. The average Bonchev–Trinajstić information content (AvgIpc) is 2.54. The topological polar surface area (TPSA) is 89.9 Å². The van der Waals surface area contributed by atoms with Gasteiger partial charge in [-0.05, 0) is 45.0 Å². The highest BCUT2D eigenvalue weighted by Gasteiger charge is 2.14. The van der Waals surface area contributed by atoms with Crippen LogP contribution in [0.1, 0.15) is 41.5 Å². The van der Waals surface area contributed by atoms with Gasteiger partial charge in [0, 0.05) is 25.3 Å². The first kappa shape index (κ1) is 21.0. The van der Waals surface area contributed by atoms with E-state index in [1.54, 1.807) is 41.3 Å².